The molecular weight excluding hydrogens is 171 g/mol. The van der Waals surface area contributed by atoms with Gasteiger partial charge >= 0.3 is 0 Å². The maximum atomic E-state index is 12.6. The van der Waals surface area contributed by atoms with Gasteiger partial charge in [0.15, 0.2) is 23.2 Å². The van der Waals surface area contributed by atoms with Crippen molar-refractivity contribution in [2.24, 2.45) is 0 Å². The van der Waals surface area contributed by atoms with Gasteiger partial charge in [-0.15, -0.1) is 0 Å². The maximum absolute atomic E-state index is 12.6. The van der Waals surface area contributed by atoms with Gasteiger partial charge in [0.25, 0.3) is 0 Å². The third-order valence-electron chi connectivity index (χ3n) is 1.25. The second-order valence-corrected chi connectivity index (χ2v) is 1.99. The molecule has 2 nitrogen and oxygen atoms in total. The summed E-state index contributed by atoms with van der Waals surface area (Å²) in [4.78, 5) is 0. The van der Waals surface area contributed by atoms with Gasteiger partial charge in [-0.3, -0.25) is 0 Å². The SMILES string of the molecule is N#Cc1c(F)c(O)cc(F)c1F. The molecule has 0 aliphatic heterocycles. The molecule has 0 atom stereocenters. The van der Waals surface area contributed by atoms with Crippen LogP contribution in [0.25, 0.3) is 0 Å². The van der Waals surface area contributed by atoms with E-state index in [1.54, 1.807) is 0 Å². The first-order chi connectivity index (χ1) is 5.57. The molecule has 62 valence electrons. The molecule has 1 rings (SSSR count). The van der Waals surface area contributed by atoms with Gasteiger partial charge in [-0.25, -0.2) is 13.2 Å². The number of nitrogens with zero attached hydrogens (tertiary/aromatic N) is 1. The summed E-state index contributed by atoms with van der Waals surface area (Å²) in [5.74, 6) is -5.57. The van der Waals surface area contributed by atoms with E-state index in [-0.39, 0.29) is 6.07 Å². The molecule has 0 fully saturated rings. The fourth-order valence-electron chi connectivity index (χ4n) is 0.689. The molecule has 0 amide bonds. The molecule has 0 saturated carbocycles. The fourth-order valence-corrected chi connectivity index (χ4v) is 0.689. The molecule has 1 aromatic rings. The number of hydrogen-bond donors (Lipinski definition) is 1. The second kappa shape index (κ2) is 2.74. The number of hydrogen-bond acceptors (Lipinski definition) is 2. The Morgan fingerprint density at radius 1 is 1.25 bits per heavy atom. The van der Waals surface area contributed by atoms with Crippen molar-refractivity contribution in [3.8, 4) is 11.8 Å². The summed E-state index contributed by atoms with van der Waals surface area (Å²) in [6, 6.07) is 1.36. The van der Waals surface area contributed by atoms with Gasteiger partial charge < -0.3 is 5.11 Å². The molecule has 0 saturated heterocycles. The first-order valence-corrected chi connectivity index (χ1v) is 2.84. The van der Waals surface area contributed by atoms with Crippen LogP contribution >= 0.6 is 0 Å². The van der Waals surface area contributed by atoms with E-state index in [9.17, 15) is 13.2 Å². The molecule has 0 aliphatic carbocycles. The van der Waals surface area contributed by atoms with Crippen LogP contribution in [0, 0.1) is 28.8 Å². The zero-order valence-corrected chi connectivity index (χ0v) is 5.61. The number of halogens is 3. The summed E-state index contributed by atoms with van der Waals surface area (Å²) < 4.78 is 37.4. The van der Waals surface area contributed by atoms with Gasteiger partial charge in [0.05, 0.1) is 0 Å². The third kappa shape index (κ3) is 1.07. The summed E-state index contributed by atoms with van der Waals surface area (Å²) in [6.07, 6.45) is 0. The maximum Gasteiger partial charge on any atom is 0.185 e. The van der Waals surface area contributed by atoms with Gasteiger partial charge in [-0.2, -0.15) is 5.26 Å². The molecule has 12 heavy (non-hydrogen) atoms. The van der Waals surface area contributed by atoms with Gasteiger partial charge in [-0.05, 0) is 0 Å². The molecule has 0 bridgehead atoms. The molecule has 5 heteroatoms. The molecule has 0 aliphatic rings. The Morgan fingerprint density at radius 2 is 1.83 bits per heavy atom. The minimum Gasteiger partial charge on any atom is -0.505 e. The van der Waals surface area contributed by atoms with E-state index in [2.05, 4.69) is 0 Å². The highest BCUT2D eigenvalue weighted by atomic mass is 19.2. The Balaban J connectivity index is 3.56. The minimum atomic E-state index is -1.59. The topological polar surface area (TPSA) is 44.0 Å². The van der Waals surface area contributed by atoms with Crippen molar-refractivity contribution >= 4 is 0 Å². The third-order valence-corrected chi connectivity index (χ3v) is 1.25. The summed E-state index contributed by atoms with van der Waals surface area (Å²) >= 11 is 0. The van der Waals surface area contributed by atoms with Gasteiger partial charge in [0.1, 0.15) is 11.6 Å². The summed E-state index contributed by atoms with van der Waals surface area (Å²) in [7, 11) is 0. The number of rotatable bonds is 0. The summed E-state index contributed by atoms with van der Waals surface area (Å²) in [6.45, 7) is 0. The van der Waals surface area contributed by atoms with E-state index in [4.69, 9.17) is 10.4 Å². The Hall–Kier alpha value is -1.70. The standard InChI is InChI=1S/C7H2F3NO/c8-4-1-5(12)7(10)3(2-11)6(4)9/h1,12H. The Labute approximate surface area is 65.5 Å². The van der Waals surface area contributed by atoms with Crippen LogP contribution in [-0.2, 0) is 0 Å². The fraction of sp³-hybridized carbons (Fsp3) is 0. The van der Waals surface area contributed by atoms with Crippen LogP contribution in [0.3, 0.4) is 0 Å². The van der Waals surface area contributed by atoms with E-state index >= 15 is 0 Å². The quantitative estimate of drug-likeness (QED) is 0.606. The summed E-state index contributed by atoms with van der Waals surface area (Å²) in [5.41, 5.74) is -1.12. The predicted molar refractivity (Wildman–Crippen MR) is 32.7 cm³/mol. The summed E-state index contributed by atoms with van der Waals surface area (Å²) in [5, 5.41) is 16.7. The van der Waals surface area contributed by atoms with E-state index in [0.717, 1.165) is 6.07 Å². The van der Waals surface area contributed by atoms with Crippen LogP contribution in [0.1, 0.15) is 5.56 Å². The predicted octanol–water partition coefficient (Wildman–Crippen LogP) is 1.68. The van der Waals surface area contributed by atoms with E-state index in [0.29, 0.717) is 0 Å². The molecule has 0 radical (unpaired) electrons. The second-order valence-electron chi connectivity index (χ2n) is 1.99. The van der Waals surface area contributed by atoms with Crippen LogP contribution in [0.4, 0.5) is 13.2 Å². The van der Waals surface area contributed by atoms with Gasteiger partial charge in [0, 0.05) is 6.07 Å². The number of phenolic OH excluding ortho intramolecular Hbond substituents is 1. The molecule has 0 unspecified atom stereocenters. The highest BCUT2D eigenvalue weighted by Crippen LogP contribution is 2.23. The molecule has 0 spiro atoms. The number of phenols is 1. The van der Waals surface area contributed by atoms with Crippen LogP contribution in [0.2, 0.25) is 0 Å². The van der Waals surface area contributed by atoms with Gasteiger partial charge in [-0.1, -0.05) is 0 Å². The first kappa shape index (κ1) is 8.40. The van der Waals surface area contributed by atoms with Crippen molar-refractivity contribution in [3.05, 3.63) is 29.1 Å². The smallest absolute Gasteiger partial charge is 0.185 e. The molecule has 1 N–H and O–H groups in total. The van der Waals surface area contributed by atoms with Crippen molar-refractivity contribution < 1.29 is 18.3 Å². The molecular formula is C7H2F3NO. The monoisotopic (exact) mass is 173 g/mol. The lowest BCUT2D eigenvalue weighted by Gasteiger charge is -1.99. The zero-order valence-electron chi connectivity index (χ0n) is 5.61. The number of nitriles is 1. The Morgan fingerprint density at radius 3 is 2.33 bits per heavy atom. The number of benzene rings is 1. The lowest BCUT2D eigenvalue weighted by Crippen LogP contribution is -1.94. The van der Waals surface area contributed by atoms with Crippen molar-refractivity contribution in [3.63, 3.8) is 0 Å². The lowest BCUT2D eigenvalue weighted by atomic mass is 10.2. The first-order valence-electron chi connectivity index (χ1n) is 2.84. The van der Waals surface area contributed by atoms with E-state index in [1.807, 2.05) is 0 Å². The van der Waals surface area contributed by atoms with Crippen molar-refractivity contribution in [2.45, 2.75) is 0 Å². The van der Waals surface area contributed by atoms with Crippen LogP contribution in [0.15, 0.2) is 6.07 Å². The Bertz CT molecular complexity index is 344. The normalized spacial score (nSPS) is 9.50. The highest BCUT2D eigenvalue weighted by molar-refractivity contribution is 5.39. The average molecular weight is 173 g/mol. The number of aromatic hydroxyl groups is 1. The highest BCUT2D eigenvalue weighted by Gasteiger charge is 2.17. The van der Waals surface area contributed by atoms with E-state index in [1.165, 1.54) is 0 Å². The molecule has 0 heterocycles. The largest absolute Gasteiger partial charge is 0.505 e. The van der Waals surface area contributed by atoms with Crippen molar-refractivity contribution in [1.82, 2.24) is 0 Å². The van der Waals surface area contributed by atoms with Crippen LogP contribution < -0.4 is 0 Å². The van der Waals surface area contributed by atoms with E-state index < -0.39 is 28.8 Å². The van der Waals surface area contributed by atoms with Gasteiger partial charge in [0.2, 0.25) is 0 Å². The zero-order chi connectivity index (χ0) is 9.30. The molecule has 0 aromatic heterocycles. The Kier molecular flexibility index (Phi) is 1.92. The van der Waals surface area contributed by atoms with Crippen molar-refractivity contribution in [1.29, 1.82) is 5.26 Å². The van der Waals surface area contributed by atoms with Crippen molar-refractivity contribution in [2.75, 3.05) is 0 Å². The molecule has 1 aromatic carbocycles. The van der Waals surface area contributed by atoms with Crippen LogP contribution in [-0.4, -0.2) is 5.11 Å². The minimum absolute atomic E-state index is 0.269. The van der Waals surface area contributed by atoms with Crippen LogP contribution in [0.5, 0.6) is 5.75 Å². The average Bonchev–Trinajstić information content (AvgIpc) is 2.02. The lowest BCUT2D eigenvalue weighted by molar-refractivity contribution is 0.411.